The van der Waals surface area contributed by atoms with Gasteiger partial charge in [-0.3, -0.25) is 4.79 Å². The third-order valence-electron chi connectivity index (χ3n) is 11.2. The van der Waals surface area contributed by atoms with E-state index in [9.17, 15) is 10.0 Å². The molecule has 2 saturated carbocycles. The van der Waals surface area contributed by atoms with Crippen molar-refractivity contribution in [2.45, 2.75) is 84.0 Å². The lowest BCUT2D eigenvalue weighted by Gasteiger charge is -2.54. The van der Waals surface area contributed by atoms with Crippen LogP contribution in [0, 0.1) is 34.5 Å². The van der Waals surface area contributed by atoms with E-state index < -0.39 is 5.41 Å². The van der Waals surface area contributed by atoms with Gasteiger partial charge >= 0.3 is 0 Å². The van der Waals surface area contributed by atoms with Gasteiger partial charge < -0.3 is 14.8 Å². The molecule has 0 amide bonds. The summed E-state index contributed by atoms with van der Waals surface area (Å²) in [6.07, 6.45) is 12.6. The number of carbonyl (C=O) groups excluding carboxylic acids is 1. The number of allylic oxidation sites excluding steroid dienone is 4. The number of Topliss-reactive ketones (excluding diaryl/α,β-unsaturated/α-hetero) is 1. The van der Waals surface area contributed by atoms with Gasteiger partial charge in [0.2, 0.25) is 0 Å². The lowest BCUT2D eigenvalue weighted by atomic mass is 9.48. The van der Waals surface area contributed by atoms with Gasteiger partial charge in [-0.2, -0.15) is 0 Å². The molecule has 1 saturated heterocycles. The fourth-order valence-electron chi connectivity index (χ4n) is 9.35. The first-order valence-corrected chi connectivity index (χ1v) is 15.4. The number of rotatable bonds is 5. The highest BCUT2D eigenvalue weighted by Gasteiger charge is 2.65. The molecular formula is C35H44N2O3. The van der Waals surface area contributed by atoms with Crippen LogP contribution >= 0.6 is 0 Å². The standard InChI is InChI=1S/C35H44N2O3/c1-4-17-35(32(38)23-40-3)18-16-31-29-14-10-25-21-26(36-39)11-15-28(25)33(29)30(22-34(31,35)2)24-8-12-27(13-9-24)37-19-6-5-7-20-37/h8-9,12-13,21,29-31,39H,5-7,10-11,14-16,18-20,22-23H2,1-3H3/b36-26+/t29-,30+,31-,34-,35+/m0/s1. The number of methoxy groups -OCH3 is 1. The molecular weight excluding hydrogens is 496 g/mol. The van der Waals surface area contributed by atoms with E-state index in [1.165, 1.54) is 41.7 Å². The maximum Gasteiger partial charge on any atom is 0.176 e. The van der Waals surface area contributed by atoms with Gasteiger partial charge in [0.05, 0.1) is 11.1 Å². The number of hydrogen-bond donors (Lipinski definition) is 1. The average Bonchev–Trinajstić information content (AvgIpc) is 3.29. The van der Waals surface area contributed by atoms with E-state index in [0.717, 1.165) is 63.7 Å². The molecule has 5 nitrogen and oxygen atoms in total. The molecule has 5 atom stereocenters. The van der Waals surface area contributed by atoms with Crippen LogP contribution in [0.4, 0.5) is 5.69 Å². The first-order valence-electron chi connectivity index (χ1n) is 15.4. The Hall–Kier alpha value is -2.84. The number of oxime groups is 1. The number of ether oxygens (including phenoxy) is 1. The van der Waals surface area contributed by atoms with Crippen LogP contribution in [0.25, 0.3) is 0 Å². The van der Waals surface area contributed by atoms with Crippen LogP contribution in [-0.4, -0.2) is 43.5 Å². The fourth-order valence-corrected chi connectivity index (χ4v) is 9.35. The highest BCUT2D eigenvalue weighted by Crippen LogP contribution is 2.69. The molecule has 5 heteroatoms. The summed E-state index contributed by atoms with van der Waals surface area (Å²) in [6.45, 7) is 6.67. The molecule has 0 bridgehead atoms. The molecule has 1 aromatic carbocycles. The van der Waals surface area contributed by atoms with Gasteiger partial charge in [0, 0.05) is 31.8 Å². The summed E-state index contributed by atoms with van der Waals surface area (Å²) in [4.78, 5) is 16.4. The summed E-state index contributed by atoms with van der Waals surface area (Å²) in [7, 11) is 1.62. The minimum Gasteiger partial charge on any atom is -0.411 e. The van der Waals surface area contributed by atoms with Gasteiger partial charge in [-0.1, -0.05) is 35.7 Å². The van der Waals surface area contributed by atoms with Gasteiger partial charge in [0.1, 0.15) is 6.61 Å². The molecule has 5 aliphatic rings. The molecule has 1 N–H and O–H groups in total. The highest BCUT2D eigenvalue weighted by molar-refractivity contribution is 5.97. The van der Waals surface area contributed by atoms with Crippen molar-refractivity contribution in [2.75, 3.05) is 31.7 Å². The summed E-state index contributed by atoms with van der Waals surface area (Å²) >= 11 is 0. The summed E-state index contributed by atoms with van der Waals surface area (Å²) in [5, 5.41) is 13.1. The number of piperidine rings is 1. The van der Waals surface area contributed by atoms with Crippen molar-refractivity contribution in [3.05, 3.63) is 52.6 Å². The van der Waals surface area contributed by atoms with E-state index in [2.05, 4.69) is 59.2 Å². The van der Waals surface area contributed by atoms with Crippen molar-refractivity contribution in [1.29, 1.82) is 0 Å². The van der Waals surface area contributed by atoms with E-state index in [0.29, 0.717) is 11.8 Å². The third-order valence-corrected chi connectivity index (χ3v) is 11.2. The monoisotopic (exact) mass is 540 g/mol. The zero-order chi connectivity index (χ0) is 27.9. The van der Waals surface area contributed by atoms with Crippen molar-refractivity contribution in [3.63, 3.8) is 0 Å². The lowest BCUT2D eigenvalue weighted by Crippen LogP contribution is -2.51. The molecule has 4 aliphatic carbocycles. The molecule has 212 valence electrons. The third kappa shape index (κ3) is 4.26. The van der Waals surface area contributed by atoms with E-state index in [1.807, 2.05) is 6.92 Å². The zero-order valence-electron chi connectivity index (χ0n) is 24.5. The average molecular weight is 541 g/mol. The Morgan fingerprint density at radius 3 is 2.60 bits per heavy atom. The Balaban J connectivity index is 1.47. The molecule has 0 unspecified atom stereocenters. The van der Waals surface area contributed by atoms with Crippen molar-refractivity contribution in [1.82, 2.24) is 0 Å². The number of carbonyl (C=O) groups is 1. The topological polar surface area (TPSA) is 62.1 Å². The van der Waals surface area contributed by atoms with Crippen LogP contribution in [0.5, 0.6) is 0 Å². The number of hydrogen-bond acceptors (Lipinski definition) is 5. The van der Waals surface area contributed by atoms with E-state index in [-0.39, 0.29) is 23.7 Å². The SMILES string of the molecule is CC#C[C@]1(C(=O)COC)CC[C@H]2[C@@H]3CCC4=C/C(=N/O)CCC4=C3[C@@H](c3ccc(N4CCCCC4)cc3)C[C@@]21C. The van der Waals surface area contributed by atoms with Gasteiger partial charge in [0.25, 0.3) is 0 Å². The molecule has 0 spiro atoms. The van der Waals surface area contributed by atoms with E-state index in [1.54, 1.807) is 12.7 Å². The maximum absolute atomic E-state index is 13.8. The van der Waals surface area contributed by atoms with Crippen LogP contribution in [-0.2, 0) is 9.53 Å². The molecule has 0 aromatic heterocycles. The van der Waals surface area contributed by atoms with Crippen molar-refractivity contribution >= 4 is 17.2 Å². The Morgan fingerprint density at radius 1 is 1.12 bits per heavy atom. The lowest BCUT2D eigenvalue weighted by molar-refractivity contribution is -0.136. The van der Waals surface area contributed by atoms with Crippen LogP contribution in [0.1, 0.15) is 89.5 Å². The minimum atomic E-state index is -0.663. The number of benzene rings is 1. The van der Waals surface area contributed by atoms with Gasteiger partial charge in [0.15, 0.2) is 5.78 Å². The predicted octanol–water partition coefficient (Wildman–Crippen LogP) is 7.06. The zero-order valence-corrected chi connectivity index (χ0v) is 24.5. The smallest absolute Gasteiger partial charge is 0.176 e. The summed E-state index contributed by atoms with van der Waals surface area (Å²) in [6, 6.07) is 9.39. The number of anilines is 1. The second-order valence-corrected chi connectivity index (χ2v) is 12.9. The molecule has 1 aromatic rings. The number of fused-ring (bicyclic) bond motifs is 4. The second-order valence-electron chi connectivity index (χ2n) is 12.9. The number of ketones is 1. The summed E-state index contributed by atoms with van der Waals surface area (Å²) in [5.74, 6) is 7.98. The second kappa shape index (κ2) is 10.9. The summed E-state index contributed by atoms with van der Waals surface area (Å²) < 4.78 is 5.42. The largest absolute Gasteiger partial charge is 0.411 e. The van der Waals surface area contributed by atoms with Gasteiger partial charge in [-0.05, 0) is 123 Å². The van der Waals surface area contributed by atoms with Crippen molar-refractivity contribution in [2.24, 2.45) is 27.8 Å². The van der Waals surface area contributed by atoms with Crippen LogP contribution in [0.2, 0.25) is 0 Å². The van der Waals surface area contributed by atoms with Crippen LogP contribution in [0.15, 0.2) is 52.2 Å². The predicted molar refractivity (Wildman–Crippen MR) is 160 cm³/mol. The maximum atomic E-state index is 13.8. The molecule has 3 fully saturated rings. The molecule has 1 aliphatic heterocycles. The quantitative estimate of drug-likeness (QED) is 0.247. The van der Waals surface area contributed by atoms with Crippen molar-refractivity contribution < 1.29 is 14.7 Å². The first kappa shape index (κ1) is 27.3. The normalized spacial score (nSPS) is 34.4. The molecule has 40 heavy (non-hydrogen) atoms. The molecule has 0 radical (unpaired) electrons. The Labute approximate surface area is 239 Å². The minimum absolute atomic E-state index is 0.126. The van der Waals surface area contributed by atoms with Crippen molar-refractivity contribution in [3.8, 4) is 11.8 Å². The van der Waals surface area contributed by atoms with Gasteiger partial charge in [-0.15, -0.1) is 5.92 Å². The highest BCUT2D eigenvalue weighted by atomic mass is 16.5. The molecule has 1 heterocycles. The Kier molecular flexibility index (Phi) is 7.42. The Morgan fingerprint density at radius 2 is 1.90 bits per heavy atom. The summed E-state index contributed by atoms with van der Waals surface area (Å²) in [5.41, 5.74) is 7.06. The van der Waals surface area contributed by atoms with E-state index >= 15 is 0 Å². The van der Waals surface area contributed by atoms with Crippen LogP contribution in [0.3, 0.4) is 0 Å². The number of nitrogens with zero attached hydrogens (tertiary/aromatic N) is 2. The van der Waals surface area contributed by atoms with Crippen LogP contribution < -0.4 is 4.90 Å². The first-order chi connectivity index (χ1) is 19.5. The Bertz CT molecular complexity index is 1310. The molecule has 6 rings (SSSR count). The van der Waals surface area contributed by atoms with Gasteiger partial charge in [-0.25, -0.2) is 0 Å². The van der Waals surface area contributed by atoms with E-state index in [4.69, 9.17) is 4.74 Å². The fraction of sp³-hybridized carbons (Fsp3) is 0.600.